The van der Waals surface area contributed by atoms with Gasteiger partial charge in [0.1, 0.15) is 0 Å². The van der Waals surface area contributed by atoms with Gasteiger partial charge in [-0.25, -0.2) is 4.79 Å². The summed E-state index contributed by atoms with van der Waals surface area (Å²) in [6, 6.07) is 9.53. The predicted molar refractivity (Wildman–Crippen MR) is 71.9 cm³/mol. The summed E-state index contributed by atoms with van der Waals surface area (Å²) in [6.07, 6.45) is 6.70. The molecule has 96 valence electrons. The molecule has 1 amide bonds. The molecule has 1 N–H and O–H groups in total. The number of aliphatic imine (C=N–C) groups is 1. The zero-order valence-corrected chi connectivity index (χ0v) is 10.3. The molecule has 0 heterocycles. The molecule has 0 atom stereocenters. The Hall–Kier alpha value is -1.84. The third-order valence-electron chi connectivity index (χ3n) is 3.03. The Morgan fingerprint density at radius 3 is 2.67 bits per heavy atom. The highest BCUT2D eigenvalue weighted by molar-refractivity contribution is 5.88. The van der Waals surface area contributed by atoms with Crippen LogP contribution in [-0.4, -0.2) is 18.5 Å². The number of rotatable bonds is 3. The van der Waals surface area contributed by atoms with Crippen molar-refractivity contribution < 1.29 is 9.53 Å². The second-order valence-electron chi connectivity index (χ2n) is 4.44. The Bertz CT molecular complexity index is 398. The van der Waals surface area contributed by atoms with E-state index >= 15 is 0 Å². The lowest BCUT2D eigenvalue weighted by Crippen LogP contribution is -2.14. The number of amides is 1. The fourth-order valence-corrected chi connectivity index (χ4v) is 2.06. The van der Waals surface area contributed by atoms with Gasteiger partial charge in [0, 0.05) is 5.69 Å². The van der Waals surface area contributed by atoms with Crippen molar-refractivity contribution >= 4 is 18.2 Å². The average Bonchev–Trinajstić information content (AvgIpc) is 2.41. The summed E-state index contributed by atoms with van der Waals surface area (Å²) in [5.74, 6) is 0. The standard InChI is InChI=1S/C14H18N2O2/c17-14(16-13-9-5-2-6-10-13)18-11-15-12-7-3-1-4-8-12/h2,5-6,9-12H,1,3-4,7-8H2,(H,16,17). The van der Waals surface area contributed by atoms with Crippen molar-refractivity contribution in [2.75, 3.05) is 5.32 Å². The number of nitrogens with one attached hydrogen (secondary N) is 1. The number of nitrogens with zero attached hydrogens (tertiary/aromatic N) is 1. The number of anilines is 1. The lowest BCUT2D eigenvalue weighted by atomic mass is 9.96. The van der Waals surface area contributed by atoms with E-state index in [0.717, 1.165) is 12.8 Å². The number of hydrogen-bond acceptors (Lipinski definition) is 3. The van der Waals surface area contributed by atoms with Crippen molar-refractivity contribution in [3.05, 3.63) is 30.3 Å². The van der Waals surface area contributed by atoms with Crippen molar-refractivity contribution in [1.29, 1.82) is 0 Å². The van der Waals surface area contributed by atoms with Crippen molar-refractivity contribution in [2.24, 2.45) is 4.99 Å². The number of ether oxygens (including phenoxy) is 1. The predicted octanol–water partition coefficient (Wildman–Crippen LogP) is 3.60. The maximum atomic E-state index is 11.4. The molecule has 2 rings (SSSR count). The molecule has 0 unspecified atom stereocenters. The van der Waals surface area contributed by atoms with Crippen molar-refractivity contribution in [2.45, 2.75) is 38.1 Å². The molecule has 1 saturated carbocycles. The molecule has 4 nitrogen and oxygen atoms in total. The number of carbonyl (C=O) groups excluding carboxylic acids is 1. The Morgan fingerprint density at radius 1 is 1.22 bits per heavy atom. The normalized spacial score (nSPS) is 16.7. The number of carbonyl (C=O) groups is 1. The number of para-hydroxylation sites is 1. The minimum atomic E-state index is -0.499. The van der Waals surface area contributed by atoms with Crippen LogP contribution in [-0.2, 0) is 4.74 Å². The zero-order valence-electron chi connectivity index (χ0n) is 10.3. The molecule has 0 saturated heterocycles. The van der Waals surface area contributed by atoms with Crippen molar-refractivity contribution in [1.82, 2.24) is 0 Å². The maximum absolute atomic E-state index is 11.4. The molecule has 0 aliphatic heterocycles. The van der Waals surface area contributed by atoms with Gasteiger partial charge in [-0.3, -0.25) is 10.3 Å². The van der Waals surface area contributed by atoms with E-state index in [1.54, 1.807) is 12.1 Å². The van der Waals surface area contributed by atoms with Crippen LogP contribution in [0.5, 0.6) is 0 Å². The maximum Gasteiger partial charge on any atom is 0.417 e. The quantitative estimate of drug-likeness (QED) is 0.654. The molecule has 1 aliphatic carbocycles. The van der Waals surface area contributed by atoms with E-state index in [1.165, 1.54) is 25.7 Å². The Kier molecular flexibility index (Phi) is 4.76. The van der Waals surface area contributed by atoms with E-state index in [0.29, 0.717) is 11.7 Å². The summed E-state index contributed by atoms with van der Waals surface area (Å²) in [4.78, 5) is 15.7. The third kappa shape index (κ3) is 4.20. The van der Waals surface area contributed by atoms with Gasteiger partial charge in [-0.15, -0.1) is 0 Å². The highest BCUT2D eigenvalue weighted by Gasteiger charge is 2.11. The molecule has 1 aliphatic rings. The molecule has 0 aromatic heterocycles. The Balaban J connectivity index is 1.72. The largest absolute Gasteiger partial charge is 0.417 e. The molecular formula is C14H18N2O2. The summed E-state index contributed by atoms with van der Waals surface area (Å²) in [7, 11) is 0. The first kappa shape index (κ1) is 12.6. The molecule has 0 spiro atoms. The summed E-state index contributed by atoms with van der Waals surface area (Å²) >= 11 is 0. The molecule has 1 aromatic rings. The van der Waals surface area contributed by atoms with Gasteiger partial charge in [-0.05, 0) is 25.0 Å². The molecule has 1 fully saturated rings. The van der Waals surface area contributed by atoms with Gasteiger partial charge in [-0.2, -0.15) is 0 Å². The van der Waals surface area contributed by atoms with E-state index < -0.39 is 6.09 Å². The van der Waals surface area contributed by atoms with Crippen LogP contribution in [0, 0.1) is 0 Å². The van der Waals surface area contributed by atoms with Gasteiger partial charge in [0.2, 0.25) is 0 Å². The SMILES string of the molecule is O=C(Nc1ccccc1)OC=NC1CCCCC1. The second kappa shape index (κ2) is 6.79. The Labute approximate surface area is 107 Å². The van der Waals surface area contributed by atoms with Crippen molar-refractivity contribution in [3.8, 4) is 0 Å². The van der Waals surface area contributed by atoms with Crippen LogP contribution in [0.25, 0.3) is 0 Å². The lowest BCUT2D eigenvalue weighted by molar-refractivity contribution is 0.214. The molecule has 0 bridgehead atoms. The van der Waals surface area contributed by atoms with Crippen LogP contribution in [0.3, 0.4) is 0 Å². The average molecular weight is 246 g/mol. The molecule has 0 radical (unpaired) electrons. The van der Waals surface area contributed by atoms with Gasteiger partial charge in [0.25, 0.3) is 0 Å². The van der Waals surface area contributed by atoms with E-state index in [4.69, 9.17) is 4.74 Å². The Morgan fingerprint density at radius 2 is 1.94 bits per heavy atom. The fourth-order valence-electron chi connectivity index (χ4n) is 2.06. The van der Waals surface area contributed by atoms with Gasteiger partial charge in [0.15, 0.2) is 6.40 Å². The highest BCUT2D eigenvalue weighted by atomic mass is 16.5. The first-order valence-corrected chi connectivity index (χ1v) is 6.39. The second-order valence-corrected chi connectivity index (χ2v) is 4.44. The van der Waals surface area contributed by atoms with Crippen LogP contribution in [0.1, 0.15) is 32.1 Å². The van der Waals surface area contributed by atoms with E-state index in [-0.39, 0.29) is 0 Å². The summed E-state index contributed by atoms with van der Waals surface area (Å²) in [5.41, 5.74) is 0.716. The van der Waals surface area contributed by atoms with E-state index in [9.17, 15) is 4.79 Å². The summed E-state index contributed by atoms with van der Waals surface area (Å²) in [5, 5.41) is 2.63. The minimum Gasteiger partial charge on any atom is -0.398 e. The molecule has 1 aromatic carbocycles. The van der Waals surface area contributed by atoms with Crippen LogP contribution < -0.4 is 5.32 Å². The first-order valence-electron chi connectivity index (χ1n) is 6.39. The van der Waals surface area contributed by atoms with Gasteiger partial charge in [0.05, 0.1) is 6.04 Å². The van der Waals surface area contributed by atoms with Crippen LogP contribution in [0.15, 0.2) is 35.3 Å². The smallest absolute Gasteiger partial charge is 0.398 e. The number of benzene rings is 1. The fraction of sp³-hybridized carbons (Fsp3) is 0.429. The first-order chi connectivity index (χ1) is 8.84. The van der Waals surface area contributed by atoms with Gasteiger partial charge >= 0.3 is 6.09 Å². The third-order valence-corrected chi connectivity index (χ3v) is 3.03. The monoisotopic (exact) mass is 246 g/mol. The van der Waals surface area contributed by atoms with Crippen LogP contribution >= 0.6 is 0 Å². The van der Waals surface area contributed by atoms with Crippen LogP contribution in [0.2, 0.25) is 0 Å². The van der Waals surface area contributed by atoms with E-state index in [2.05, 4.69) is 10.3 Å². The molecule has 4 heteroatoms. The van der Waals surface area contributed by atoms with Crippen LogP contribution in [0.4, 0.5) is 10.5 Å². The zero-order chi connectivity index (χ0) is 12.6. The van der Waals surface area contributed by atoms with E-state index in [1.807, 2.05) is 18.2 Å². The lowest BCUT2D eigenvalue weighted by Gasteiger charge is -2.16. The topological polar surface area (TPSA) is 50.7 Å². The van der Waals surface area contributed by atoms with Gasteiger partial charge in [-0.1, -0.05) is 37.5 Å². The summed E-state index contributed by atoms with van der Waals surface area (Å²) < 4.78 is 4.91. The highest BCUT2D eigenvalue weighted by Crippen LogP contribution is 2.19. The summed E-state index contributed by atoms with van der Waals surface area (Å²) in [6.45, 7) is 0. The molecular weight excluding hydrogens is 228 g/mol. The minimum absolute atomic E-state index is 0.322. The number of hydrogen-bond donors (Lipinski definition) is 1. The van der Waals surface area contributed by atoms with Crippen molar-refractivity contribution in [3.63, 3.8) is 0 Å². The molecule has 18 heavy (non-hydrogen) atoms. The van der Waals surface area contributed by atoms with Gasteiger partial charge < -0.3 is 4.74 Å².